The van der Waals surface area contributed by atoms with Gasteiger partial charge in [0.25, 0.3) is 0 Å². The maximum Gasteiger partial charge on any atom is 0.237 e. The smallest absolute Gasteiger partial charge is 0.237 e. The molecule has 1 amide bonds. The maximum absolute atomic E-state index is 12.5. The summed E-state index contributed by atoms with van der Waals surface area (Å²) in [7, 11) is 0. The molecule has 2 N–H and O–H groups in total. The summed E-state index contributed by atoms with van der Waals surface area (Å²) in [5, 5.41) is 6.40. The zero-order chi connectivity index (χ0) is 29.5. The number of hydrogen-bond acceptors (Lipinski definition) is 4. The molecule has 42 heavy (non-hydrogen) atoms. The third-order valence-corrected chi connectivity index (χ3v) is 8.68. The Morgan fingerprint density at radius 2 is 1.10 bits per heavy atom. The molecule has 1 aliphatic rings. The van der Waals surface area contributed by atoms with Crippen molar-refractivity contribution < 1.29 is 14.3 Å². The number of rotatable bonds is 32. The fourth-order valence-electron chi connectivity index (χ4n) is 5.86. The van der Waals surface area contributed by atoms with E-state index in [0.717, 1.165) is 45.4 Å². The number of carbonyl (C=O) groups excluding carboxylic acids is 1. The van der Waals surface area contributed by atoms with E-state index in [4.69, 9.17) is 9.47 Å². The fraction of sp³-hybridized carbons (Fsp3) is 0.972. The highest BCUT2D eigenvalue weighted by Crippen LogP contribution is 2.14. The van der Waals surface area contributed by atoms with E-state index in [2.05, 4.69) is 24.5 Å². The third kappa shape index (κ3) is 27.2. The summed E-state index contributed by atoms with van der Waals surface area (Å²) < 4.78 is 12.2. The van der Waals surface area contributed by atoms with Gasteiger partial charge < -0.3 is 20.1 Å². The van der Waals surface area contributed by atoms with Crippen molar-refractivity contribution in [2.75, 3.05) is 32.9 Å². The molecule has 1 heterocycles. The lowest BCUT2D eigenvalue weighted by atomic mass is 10.1. The van der Waals surface area contributed by atoms with Gasteiger partial charge in [-0.1, -0.05) is 155 Å². The molecular formula is C36H73ClN2O3. The van der Waals surface area contributed by atoms with Gasteiger partial charge in [0, 0.05) is 19.8 Å². The second-order valence-corrected chi connectivity index (χ2v) is 12.7. The molecule has 0 radical (unpaired) electrons. The van der Waals surface area contributed by atoms with Crippen LogP contribution in [-0.2, 0) is 14.3 Å². The average molecular weight is 617 g/mol. The molecule has 2 atom stereocenters. The summed E-state index contributed by atoms with van der Waals surface area (Å²) in [6.45, 7) is 8.21. The fourth-order valence-corrected chi connectivity index (χ4v) is 5.86. The monoisotopic (exact) mass is 617 g/mol. The number of ether oxygens (including phenoxy) is 2. The highest BCUT2D eigenvalue weighted by atomic mass is 35.5. The minimum absolute atomic E-state index is 0. The van der Waals surface area contributed by atoms with Crippen LogP contribution in [0.4, 0.5) is 0 Å². The molecule has 1 fully saturated rings. The number of unbranched alkanes of at least 4 members (excludes halogenated alkanes) is 22. The van der Waals surface area contributed by atoms with Crippen LogP contribution in [0.1, 0.15) is 181 Å². The molecule has 1 aliphatic heterocycles. The second-order valence-electron chi connectivity index (χ2n) is 12.7. The molecule has 1 unspecified atom stereocenters. The Morgan fingerprint density at radius 3 is 1.52 bits per heavy atom. The Morgan fingerprint density at radius 1 is 0.667 bits per heavy atom. The third-order valence-electron chi connectivity index (χ3n) is 8.68. The Kier molecular flexibility index (Phi) is 33.2. The van der Waals surface area contributed by atoms with E-state index < -0.39 is 0 Å². The van der Waals surface area contributed by atoms with E-state index in [1.54, 1.807) is 0 Å². The summed E-state index contributed by atoms with van der Waals surface area (Å²) in [5.41, 5.74) is 0. The first kappa shape index (κ1) is 41.6. The van der Waals surface area contributed by atoms with E-state index in [1.807, 2.05) is 0 Å². The van der Waals surface area contributed by atoms with E-state index in [-0.39, 0.29) is 30.5 Å². The SMILES string of the molecule is CCCCCCCCCCCCCCOCC(CNC(=O)[C@H]1CCCN1)OCCCCCCCCCCCCCC.Cl. The summed E-state index contributed by atoms with van der Waals surface area (Å²) in [6, 6.07) is -0.0334. The molecule has 1 saturated heterocycles. The van der Waals surface area contributed by atoms with Crippen LogP contribution in [0.5, 0.6) is 0 Å². The minimum Gasteiger partial charge on any atom is -0.379 e. The number of carbonyl (C=O) groups is 1. The van der Waals surface area contributed by atoms with E-state index >= 15 is 0 Å². The highest BCUT2D eigenvalue weighted by Gasteiger charge is 2.22. The van der Waals surface area contributed by atoms with Gasteiger partial charge in [-0.15, -0.1) is 12.4 Å². The first-order valence-corrected chi connectivity index (χ1v) is 18.5. The van der Waals surface area contributed by atoms with Crippen molar-refractivity contribution in [3.05, 3.63) is 0 Å². The van der Waals surface area contributed by atoms with Crippen LogP contribution in [-0.4, -0.2) is 51.0 Å². The molecule has 5 nitrogen and oxygen atoms in total. The summed E-state index contributed by atoms with van der Waals surface area (Å²) >= 11 is 0. The van der Waals surface area contributed by atoms with Crippen LogP contribution < -0.4 is 10.6 Å². The minimum atomic E-state index is -0.0506. The molecule has 1 rings (SSSR count). The van der Waals surface area contributed by atoms with Crippen molar-refractivity contribution in [2.24, 2.45) is 0 Å². The number of halogens is 1. The van der Waals surface area contributed by atoms with Crippen LogP contribution in [0, 0.1) is 0 Å². The molecule has 0 bridgehead atoms. The summed E-state index contributed by atoms with van der Waals surface area (Å²) in [6.07, 6.45) is 34.5. The quantitative estimate of drug-likeness (QED) is 0.0738. The molecule has 6 heteroatoms. The van der Waals surface area contributed by atoms with Crippen LogP contribution in [0.15, 0.2) is 0 Å². The van der Waals surface area contributed by atoms with Gasteiger partial charge in [-0.3, -0.25) is 4.79 Å². The largest absolute Gasteiger partial charge is 0.379 e. The predicted molar refractivity (Wildman–Crippen MR) is 184 cm³/mol. The van der Waals surface area contributed by atoms with Crippen molar-refractivity contribution in [3.63, 3.8) is 0 Å². The van der Waals surface area contributed by atoms with Gasteiger partial charge in [0.05, 0.1) is 18.8 Å². The summed E-state index contributed by atoms with van der Waals surface area (Å²) in [4.78, 5) is 12.5. The number of amides is 1. The molecule has 0 saturated carbocycles. The van der Waals surface area contributed by atoms with Gasteiger partial charge in [-0.2, -0.15) is 0 Å². The Balaban J connectivity index is 0.0000168. The Bertz CT molecular complexity index is 546. The van der Waals surface area contributed by atoms with Gasteiger partial charge in [-0.05, 0) is 32.2 Å². The average Bonchev–Trinajstić information content (AvgIpc) is 3.53. The van der Waals surface area contributed by atoms with Crippen molar-refractivity contribution >= 4 is 18.3 Å². The molecule has 252 valence electrons. The standard InChI is InChI=1S/C36H72N2O3.ClH/c1-3-5-7-9-11-13-15-17-19-21-23-25-30-40-33-34(32-38-36(39)35-28-27-29-37-35)41-31-26-24-22-20-18-16-14-12-10-8-6-4-2;/h34-35,37H,3-33H2,1-2H3,(H,38,39);1H/t34?,35-;/m1./s1. The Labute approximate surface area is 268 Å². The second kappa shape index (κ2) is 33.5. The van der Waals surface area contributed by atoms with Crippen molar-refractivity contribution in [1.29, 1.82) is 0 Å². The normalized spacial score (nSPS) is 15.5. The van der Waals surface area contributed by atoms with Gasteiger partial charge in [-0.25, -0.2) is 0 Å². The van der Waals surface area contributed by atoms with Crippen LogP contribution in [0.2, 0.25) is 0 Å². The van der Waals surface area contributed by atoms with Gasteiger partial charge in [0.1, 0.15) is 0 Å². The zero-order valence-corrected chi connectivity index (χ0v) is 29.0. The van der Waals surface area contributed by atoms with Crippen LogP contribution in [0.3, 0.4) is 0 Å². The van der Waals surface area contributed by atoms with Gasteiger partial charge >= 0.3 is 0 Å². The van der Waals surface area contributed by atoms with Crippen molar-refractivity contribution in [3.8, 4) is 0 Å². The molecule has 0 aromatic rings. The lowest BCUT2D eigenvalue weighted by Crippen LogP contribution is -2.44. The van der Waals surface area contributed by atoms with Gasteiger partial charge in [0.2, 0.25) is 5.91 Å². The lowest BCUT2D eigenvalue weighted by Gasteiger charge is -2.20. The first-order chi connectivity index (χ1) is 20.3. The van der Waals surface area contributed by atoms with E-state index in [1.165, 1.54) is 141 Å². The van der Waals surface area contributed by atoms with Crippen molar-refractivity contribution in [2.45, 2.75) is 193 Å². The molecule has 0 spiro atoms. The molecule has 0 aromatic carbocycles. The summed E-state index contributed by atoms with van der Waals surface area (Å²) in [5.74, 6) is 0.113. The molecule has 0 aliphatic carbocycles. The van der Waals surface area contributed by atoms with E-state index in [9.17, 15) is 4.79 Å². The zero-order valence-electron chi connectivity index (χ0n) is 28.2. The topological polar surface area (TPSA) is 59.6 Å². The Hall–Kier alpha value is -0.360. The number of nitrogens with one attached hydrogen (secondary N) is 2. The predicted octanol–water partition coefficient (Wildman–Crippen LogP) is 10.1. The molecular weight excluding hydrogens is 544 g/mol. The van der Waals surface area contributed by atoms with Crippen LogP contribution >= 0.6 is 12.4 Å². The van der Waals surface area contributed by atoms with Crippen LogP contribution in [0.25, 0.3) is 0 Å². The van der Waals surface area contributed by atoms with Gasteiger partial charge in [0.15, 0.2) is 0 Å². The highest BCUT2D eigenvalue weighted by molar-refractivity contribution is 5.85. The maximum atomic E-state index is 12.5. The number of hydrogen-bond donors (Lipinski definition) is 2. The first-order valence-electron chi connectivity index (χ1n) is 18.5. The van der Waals surface area contributed by atoms with E-state index in [0.29, 0.717) is 13.2 Å². The molecule has 0 aromatic heterocycles. The van der Waals surface area contributed by atoms with Crippen molar-refractivity contribution in [1.82, 2.24) is 10.6 Å². The lowest BCUT2D eigenvalue weighted by molar-refractivity contribution is -0.123.